The fraction of sp³-hybridized carbons (Fsp3) is 0.500. The highest BCUT2D eigenvalue weighted by atomic mass is 19.1. The van der Waals surface area contributed by atoms with Gasteiger partial charge in [-0.05, 0) is 30.5 Å². The number of carbonyl (C=O) groups excluding carboxylic acids is 3. The van der Waals surface area contributed by atoms with Gasteiger partial charge in [-0.25, -0.2) is 4.39 Å². The highest BCUT2D eigenvalue weighted by Crippen LogP contribution is 2.39. The number of anilines is 1. The van der Waals surface area contributed by atoms with Crippen LogP contribution >= 0.6 is 0 Å². The Morgan fingerprint density at radius 3 is 2.58 bits per heavy atom. The van der Waals surface area contributed by atoms with Crippen LogP contribution in [-0.4, -0.2) is 53.8 Å². The van der Waals surface area contributed by atoms with E-state index in [0.29, 0.717) is 29.8 Å². The summed E-state index contributed by atoms with van der Waals surface area (Å²) in [6, 6.07) is 2.99. The summed E-state index contributed by atoms with van der Waals surface area (Å²) in [7, 11) is 0. The van der Waals surface area contributed by atoms with Crippen LogP contribution in [0.1, 0.15) is 35.2 Å². The van der Waals surface area contributed by atoms with E-state index < -0.39 is 11.9 Å². The van der Waals surface area contributed by atoms with Gasteiger partial charge in [0.2, 0.25) is 11.8 Å². The van der Waals surface area contributed by atoms with E-state index in [4.69, 9.17) is 0 Å². The number of benzene rings is 1. The third kappa shape index (κ3) is 2.18. The number of halogens is 1. The molecular weight excluding hydrogens is 339 g/mol. The average molecular weight is 358 g/mol. The Bertz CT molecular complexity index is 828. The van der Waals surface area contributed by atoms with E-state index in [-0.39, 0.29) is 30.6 Å². The van der Waals surface area contributed by atoms with Gasteiger partial charge in [-0.3, -0.25) is 19.7 Å². The maximum absolute atomic E-state index is 14.7. The lowest BCUT2D eigenvalue weighted by Crippen LogP contribution is -2.68. The van der Waals surface area contributed by atoms with E-state index in [1.807, 2.05) is 0 Å². The van der Waals surface area contributed by atoms with Gasteiger partial charge in [0.15, 0.2) is 0 Å². The molecule has 0 spiro atoms. The SMILES string of the molecule is O=C1CCC(N2Cc3cc(N4C5CNCC4C5)c(F)cc3C2=O)C(=O)N1. The van der Waals surface area contributed by atoms with E-state index >= 15 is 0 Å². The molecule has 0 radical (unpaired) electrons. The van der Waals surface area contributed by atoms with Crippen LogP contribution in [0.5, 0.6) is 0 Å². The number of imide groups is 1. The zero-order valence-corrected chi connectivity index (χ0v) is 14.1. The van der Waals surface area contributed by atoms with Crippen LogP contribution < -0.4 is 15.5 Å². The Balaban J connectivity index is 1.44. The lowest BCUT2D eigenvalue weighted by molar-refractivity contribution is -0.136. The monoisotopic (exact) mass is 358 g/mol. The van der Waals surface area contributed by atoms with Crippen LogP contribution in [0.15, 0.2) is 12.1 Å². The van der Waals surface area contributed by atoms with Gasteiger partial charge in [0.05, 0.1) is 5.69 Å². The van der Waals surface area contributed by atoms with E-state index in [0.717, 1.165) is 25.1 Å². The van der Waals surface area contributed by atoms with E-state index in [1.165, 1.54) is 11.0 Å². The standard InChI is InChI=1S/C18H19FN4O3/c19-13-5-12-9(3-15(13)23-10-4-11(23)7-20-6-10)8-22(18(12)26)14-1-2-16(24)21-17(14)25/h3,5,10-11,14,20H,1-2,4,6-8H2,(H,21,24,25). The average Bonchev–Trinajstić information content (AvgIpc) is 2.92. The summed E-state index contributed by atoms with van der Waals surface area (Å²) in [6.07, 6.45) is 1.58. The normalized spacial score (nSPS) is 30.2. The molecule has 8 heteroatoms. The van der Waals surface area contributed by atoms with Crippen LogP contribution in [0.4, 0.5) is 10.1 Å². The van der Waals surface area contributed by atoms with Crippen LogP contribution in [-0.2, 0) is 16.1 Å². The molecule has 3 atom stereocenters. The number of nitrogens with one attached hydrogen (secondary N) is 2. The maximum Gasteiger partial charge on any atom is 0.255 e. The van der Waals surface area contributed by atoms with Crippen molar-refractivity contribution in [2.24, 2.45) is 0 Å². The molecule has 4 aliphatic heterocycles. The molecule has 3 unspecified atom stereocenters. The van der Waals surface area contributed by atoms with Gasteiger partial charge in [-0.2, -0.15) is 0 Å². The second kappa shape index (κ2) is 5.51. The van der Waals surface area contributed by atoms with Gasteiger partial charge in [-0.1, -0.05) is 0 Å². The molecule has 7 nitrogen and oxygen atoms in total. The molecule has 0 aromatic heterocycles. The lowest BCUT2D eigenvalue weighted by atomic mass is 9.87. The molecule has 1 aromatic rings. The Labute approximate surface area is 149 Å². The summed E-state index contributed by atoms with van der Waals surface area (Å²) < 4.78 is 14.7. The maximum atomic E-state index is 14.7. The zero-order valence-electron chi connectivity index (χ0n) is 14.1. The first-order chi connectivity index (χ1) is 12.5. The molecule has 2 N–H and O–H groups in total. The van der Waals surface area contributed by atoms with Gasteiger partial charge in [-0.15, -0.1) is 0 Å². The predicted octanol–water partition coefficient (Wildman–Crippen LogP) is 0.137. The first-order valence-corrected chi connectivity index (χ1v) is 8.99. The lowest BCUT2D eigenvalue weighted by Gasteiger charge is -2.54. The summed E-state index contributed by atoms with van der Waals surface area (Å²) in [5.74, 6) is -1.50. The number of nitrogens with zero attached hydrogens (tertiary/aromatic N) is 2. The minimum Gasteiger partial charge on any atom is -0.360 e. The van der Waals surface area contributed by atoms with Crippen LogP contribution in [0.3, 0.4) is 0 Å². The predicted molar refractivity (Wildman–Crippen MR) is 90.0 cm³/mol. The number of amides is 3. The van der Waals surface area contributed by atoms with Crippen LogP contribution in [0.2, 0.25) is 0 Å². The quantitative estimate of drug-likeness (QED) is 0.735. The molecule has 26 heavy (non-hydrogen) atoms. The summed E-state index contributed by atoms with van der Waals surface area (Å²) in [5, 5.41) is 5.60. The van der Waals surface area contributed by atoms with Crippen molar-refractivity contribution < 1.29 is 18.8 Å². The number of piperazine rings is 1. The van der Waals surface area contributed by atoms with Gasteiger partial charge < -0.3 is 15.1 Å². The Morgan fingerprint density at radius 1 is 1.12 bits per heavy atom. The molecule has 3 fully saturated rings. The number of piperidine rings is 2. The number of carbonyl (C=O) groups is 3. The highest BCUT2D eigenvalue weighted by molar-refractivity contribution is 6.05. The molecular formula is C18H19FN4O3. The molecule has 3 amide bonds. The molecule has 0 aliphatic carbocycles. The smallest absolute Gasteiger partial charge is 0.255 e. The molecule has 4 heterocycles. The van der Waals surface area contributed by atoms with Crippen molar-refractivity contribution in [2.75, 3.05) is 18.0 Å². The van der Waals surface area contributed by atoms with Gasteiger partial charge in [0, 0.05) is 43.7 Å². The van der Waals surface area contributed by atoms with Gasteiger partial charge >= 0.3 is 0 Å². The van der Waals surface area contributed by atoms with Crippen molar-refractivity contribution in [3.8, 4) is 0 Å². The van der Waals surface area contributed by atoms with Crippen molar-refractivity contribution >= 4 is 23.4 Å². The van der Waals surface area contributed by atoms with E-state index in [2.05, 4.69) is 15.5 Å². The van der Waals surface area contributed by atoms with Crippen molar-refractivity contribution in [2.45, 2.75) is 43.9 Å². The molecule has 2 bridgehead atoms. The minimum atomic E-state index is -0.674. The van der Waals surface area contributed by atoms with Crippen LogP contribution in [0.25, 0.3) is 0 Å². The van der Waals surface area contributed by atoms with E-state index in [1.54, 1.807) is 6.07 Å². The van der Waals surface area contributed by atoms with Gasteiger partial charge in [0.25, 0.3) is 5.91 Å². The summed E-state index contributed by atoms with van der Waals surface area (Å²) in [4.78, 5) is 39.7. The number of hydrogen-bond donors (Lipinski definition) is 2. The zero-order chi connectivity index (χ0) is 18.0. The topological polar surface area (TPSA) is 81.8 Å². The molecule has 5 rings (SSSR count). The summed E-state index contributed by atoms with van der Waals surface area (Å²) in [6.45, 7) is 1.96. The first-order valence-electron chi connectivity index (χ1n) is 8.99. The van der Waals surface area contributed by atoms with Crippen LogP contribution in [0, 0.1) is 5.82 Å². The Kier molecular flexibility index (Phi) is 3.34. The molecule has 136 valence electrons. The van der Waals surface area contributed by atoms with Crippen molar-refractivity contribution in [3.63, 3.8) is 0 Å². The fourth-order valence-electron chi connectivity index (χ4n) is 4.65. The van der Waals surface area contributed by atoms with Crippen molar-refractivity contribution in [1.82, 2.24) is 15.5 Å². The first kappa shape index (κ1) is 15.7. The largest absolute Gasteiger partial charge is 0.360 e. The molecule has 0 saturated carbocycles. The summed E-state index contributed by atoms with van der Waals surface area (Å²) >= 11 is 0. The Morgan fingerprint density at radius 2 is 1.88 bits per heavy atom. The second-order valence-electron chi connectivity index (χ2n) is 7.47. The van der Waals surface area contributed by atoms with Crippen molar-refractivity contribution in [3.05, 3.63) is 29.1 Å². The third-order valence-corrected chi connectivity index (χ3v) is 5.96. The highest BCUT2D eigenvalue weighted by Gasteiger charge is 2.44. The third-order valence-electron chi connectivity index (χ3n) is 5.96. The number of fused-ring (bicyclic) bond motifs is 3. The summed E-state index contributed by atoms with van der Waals surface area (Å²) in [5.41, 5.74) is 1.61. The fourth-order valence-corrected chi connectivity index (χ4v) is 4.65. The van der Waals surface area contributed by atoms with Gasteiger partial charge in [0.1, 0.15) is 11.9 Å². The molecule has 1 aromatic carbocycles. The number of rotatable bonds is 2. The Hall–Kier alpha value is -2.48. The van der Waals surface area contributed by atoms with E-state index in [9.17, 15) is 18.8 Å². The number of hydrogen-bond acceptors (Lipinski definition) is 5. The second-order valence-corrected chi connectivity index (χ2v) is 7.47. The minimum absolute atomic E-state index is 0.209. The molecule has 3 saturated heterocycles. The molecule has 4 aliphatic rings. The van der Waals surface area contributed by atoms with Crippen molar-refractivity contribution in [1.29, 1.82) is 0 Å².